The van der Waals surface area contributed by atoms with Crippen molar-refractivity contribution >= 4 is 11.8 Å². The molecule has 0 radical (unpaired) electrons. The van der Waals surface area contributed by atoms with E-state index in [1.54, 1.807) is 29.4 Å². The standard InChI is InChI=1S/C18H24N2O4/c1-2-3-4-9-19-17(21)7-10-20(13-16-6-5-11-24-16)18(22)15-8-12-23-14-15/h5-6,8,11-12,14H,2-4,7,9-10,13H2,1H3,(H,19,21). The van der Waals surface area contributed by atoms with E-state index < -0.39 is 0 Å². The highest BCUT2D eigenvalue weighted by molar-refractivity contribution is 5.94. The lowest BCUT2D eigenvalue weighted by molar-refractivity contribution is -0.121. The first-order valence-electron chi connectivity index (χ1n) is 8.31. The van der Waals surface area contributed by atoms with Gasteiger partial charge in [-0.3, -0.25) is 9.59 Å². The van der Waals surface area contributed by atoms with E-state index in [1.807, 2.05) is 0 Å². The summed E-state index contributed by atoms with van der Waals surface area (Å²) in [4.78, 5) is 26.1. The highest BCUT2D eigenvalue weighted by Gasteiger charge is 2.19. The van der Waals surface area contributed by atoms with Crippen molar-refractivity contribution in [3.63, 3.8) is 0 Å². The smallest absolute Gasteiger partial charge is 0.257 e. The van der Waals surface area contributed by atoms with Gasteiger partial charge < -0.3 is 19.1 Å². The molecule has 24 heavy (non-hydrogen) atoms. The Morgan fingerprint density at radius 3 is 2.75 bits per heavy atom. The van der Waals surface area contributed by atoms with Crippen molar-refractivity contribution in [3.8, 4) is 0 Å². The molecule has 2 heterocycles. The summed E-state index contributed by atoms with van der Waals surface area (Å²) in [7, 11) is 0. The van der Waals surface area contributed by atoms with Crippen molar-refractivity contribution in [2.45, 2.75) is 39.2 Å². The molecule has 6 nitrogen and oxygen atoms in total. The van der Waals surface area contributed by atoms with Gasteiger partial charge in [0.2, 0.25) is 5.91 Å². The number of amides is 2. The number of furan rings is 2. The quantitative estimate of drug-likeness (QED) is 0.678. The summed E-state index contributed by atoms with van der Waals surface area (Å²) in [6, 6.07) is 5.19. The molecule has 0 bridgehead atoms. The van der Waals surface area contributed by atoms with Crippen LogP contribution < -0.4 is 5.32 Å². The molecule has 0 unspecified atom stereocenters. The van der Waals surface area contributed by atoms with Gasteiger partial charge in [-0.25, -0.2) is 0 Å². The van der Waals surface area contributed by atoms with Gasteiger partial charge in [-0.1, -0.05) is 19.8 Å². The van der Waals surface area contributed by atoms with E-state index in [4.69, 9.17) is 8.83 Å². The minimum Gasteiger partial charge on any atom is -0.472 e. The topological polar surface area (TPSA) is 75.7 Å². The van der Waals surface area contributed by atoms with Gasteiger partial charge in [-0.15, -0.1) is 0 Å². The van der Waals surface area contributed by atoms with Crippen LogP contribution in [0.4, 0.5) is 0 Å². The van der Waals surface area contributed by atoms with Crippen LogP contribution in [0.25, 0.3) is 0 Å². The summed E-state index contributed by atoms with van der Waals surface area (Å²) >= 11 is 0. The van der Waals surface area contributed by atoms with Crippen molar-refractivity contribution in [2.75, 3.05) is 13.1 Å². The molecule has 0 aliphatic heterocycles. The number of unbranched alkanes of at least 4 members (excludes halogenated alkanes) is 2. The Labute approximate surface area is 141 Å². The van der Waals surface area contributed by atoms with E-state index in [2.05, 4.69) is 12.2 Å². The van der Waals surface area contributed by atoms with E-state index in [-0.39, 0.29) is 18.2 Å². The molecule has 2 amide bonds. The monoisotopic (exact) mass is 332 g/mol. The predicted molar refractivity (Wildman–Crippen MR) is 89.3 cm³/mol. The first-order valence-corrected chi connectivity index (χ1v) is 8.31. The first kappa shape index (κ1) is 17.8. The fourth-order valence-corrected chi connectivity index (χ4v) is 2.34. The molecule has 0 aliphatic rings. The van der Waals surface area contributed by atoms with Crippen LogP contribution in [0, 0.1) is 0 Å². The fourth-order valence-electron chi connectivity index (χ4n) is 2.34. The minimum atomic E-state index is -0.182. The molecule has 2 aromatic rings. The molecular weight excluding hydrogens is 308 g/mol. The van der Waals surface area contributed by atoms with Crippen LogP contribution in [0.15, 0.2) is 45.8 Å². The van der Waals surface area contributed by atoms with Crippen LogP contribution >= 0.6 is 0 Å². The fraction of sp³-hybridized carbons (Fsp3) is 0.444. The summed E-state index contributed by atoms with van der Waals surface area (Å²) < 4.78 is 10.3. The molecule has 6 heteroatoms. The van der Waals surface area contributed by atoms with Crippen molar-refractivity contribution in [3.05, 3.63) is 48.3 Å². The average molecular weight is 332 g/mol. The second-order valence-corrected chi connectivity index (χ2v) is 5.63. The maximum atomic E-state index is 12.5. The minimum absolute atomic E-state index is 0.0458. The zero-order valence-electron chi connectivity index (χ0n) is 14.0. The summed E-state index contributed by atoms with van der Waals surface area (Å²) in [5.74, 6) is 0.449. The Bertz CT molecular complexity index is 605. The molecule has 0 saturated carbocycles. The van der Waals surface area contributed by atoms with E-state index in [0.29, 0.717) is 31.0 Å². The highest BCUT2D eigenvalue weighted by Crippen LogP contribution is 2.11. The molecule has 2 aromatic heterocycles. The zero-order valence-corrected chi connectivity index (χ0v) is 14.0. The van der Waals surface area contributed by atoms with Crippen LogP contribution in [-0.2, 0) is 11.3 Å². The van der Waals surface area contributed by atoms with Crippen molar-refractivity contribution in [1.29, 1.82) is 0 Å². The molecule has 0 saturated heterocycles. The van der Waals surface area contributed by atoms with Gasteiger partial charge in [0.1, 0.15) is 12.0 Å². The van der Waals surface area contributed by atoms with E-state index in [0.717, 1.165) is 19.3 Å². The number of hydrogen-bond acceptors (Lipinski definition) is 4. The number of nitrogens with one attached hydrogen (secondary N) is 1. The average Bonchev–Trinajstić information content (AvgIpc) is 3.28. The lowest BCUT2D eigenvalue weighted by Crippen LogP contribution is -2.35. The number of nitrogens with zero attached hydrogens (tertiary/aromatic N) is 1. The van der Waals surface area contributed by atoms with Crippen LogP contribution in [0.3, 0.4) is 0 Å². The third-order valence-electron chi connectivity index (χ3n) is 3.69. The lowest BCUT2D eigenvalue weighted by atomic mass is 10.2. The second-order valence-electron chi connectivity index (χ2n) is 5.63. The van der Waals surface area contributed by atoms with Gasteiger partial charge >= 0.3 is 0 Å². The van der Waals surface area contributed by atoms with Gasteiger partial charge in [0.25, 0.3) is 5.91 Å². The number of rotatable bonds is 10. The molecule has 0 fully saturated rings. The Kier molecular flexibility index (Phi) is 7.14. The summed E-state index contributed by atoms with van der Waals surface area (Å²) in [6.45, 7) is 3.45. The Morgan fingerprint density at radius 2 is 2.08 bits per heavy atom. The Hall–Kier alpha value is -2.50. The molecule has 0 spiro atoms. The largest absolute Gasteiger partial charge is 0.472 e. The Morgan fingerprint density at radius 1 is 1.21 bits per heavy atom. The van der Waals surface area contributed by atoms with Crippen molar-refractivity contribution in [2.24, 2.45) is 0 Å². The van der Waals surface area contributed by atoms with Crippen molar-refractivity contribution < 1.29 is 18.4 Å². The van der Waals surface area contributed by atoms with E-state index in [1.165, 1.54) is 12.5 Å². The van der Waals surface area contributed by atoms with Gasteiger partial charge in [0.15, 0.2) is 0 Å². The third-order valence-corrected chi connectivity index (χ3v) is 3.69. The van der Waals surface area contributed by atoms with Gasteiger partial charge in [-0.2, -0.15) is 0 Å². The van der Waals surface area contributed by atoms with Crippen molar-refractivity contribution in [1.82, 2.24) is 10.2 Å². The van der Waals surface area contributed by atoms with Gasteiger partial charge in [-0.05, 0) is 24.6 Å². The van der Waals surface area contributed by atoms with Gasteiger partial charge in [0.05, 0.1) is 24.6 Å². The molecule has 0 aromatic carbocycles. The summed E-state index contributed by atoms with van der Waals surface area (Å²) in [5.41, 5.74) is 0.463. The first-order chi connectivity index (χ1) is 11.7. The maximum absolute atomic E-state index is 12.5. The highest BCUT2D eigenvalue weighted by atomic mass is 16.3. The molecule has 0 aliphatic carbocycles. The molecular formula is C18H24N2O4. The molecule has 0 atom stereocenters. The van der Waals surface area contributed by atoms with Crippen LogP contribution in [0.5, 0.6) is 0 Å². The molecule has 2 rings (SSSR count). The van der Waals surface area contributed by atoms with Crippen LogP contribution in [0.1, 0.15) is 48.7 Å². The van der Waals surface area contributed by atoms with E-state index >= 15 is 0 Å². The number of carbonyl (C=O) groups excluding carboxylic acids is 2. The summed E-state index contributed by atoms with van der Waals surface area (Å²) in [5, 5.41) is 2.89. The van der Waals surface area contributed by atoms with Crippen LogP contribution in [-0.4, -0.2) is 29.8 Å². The van der Waals surface area contributed by atoms with E-state index in [9.17, 15) is 9.59 Å². The zero-order chi connectivity index (χ0) is 17.2. The van der Waals surface area contributed by atoms with Gasteiger partial charge in [0, 0.05) is 19.5 Å². The number of hydrogen-bond donors (Lipinski definition) is 1. The Balaban J connectivity index is 1.88. The normalized spacial score (nSPS) is 10.5. The third kappa shape index (κ3) is 5.61. The molecule has 130 valence electrons. The maximum Gasteiger partial charge on any atom is 0.257 e. The molecule has 1 N–H and O–H groups in total. The number of carbonyl (C=O) groups is 2. The lowest BCUT2D eigenvalue weighted by Gasteiger charge is -2.20. The van der Waals surface area contributed by atoms with Crippen LogP contribution in [0.2, 0.25) is 0 Å². The second kappa shape index (κ2) is 9.60. The summed E-state index contributed by atoms with van der Waals surface area (Å²) in [6.07, 6.45) is 7.88. The predicted octanol–water partition coefficient (Wildman–Crippen LogP) is 3.21. The SMILES string of the molecule is CCCCCNC(=O)CCN(Cc1ccco1)C(=O)c1ccoc1.